The Hall–Kier alpha value is -2.74. The normalized spacial score (nSPS) is 37.0. The maximum Gasteiger partial charge on any atom is 0.397 e. The summed E-state index contributed by atoms with van der Waals surface area (Å²) < 4.78 is 399. The Morgan fingerprint density at radius 1 is 0.268 bits per heavy atom. The number of carboxylic acids is 2. The highest BCUT2D eigenvalue weighted by Crippen LogP contribution is 2.41. The number of rotatable bonds is 36. The monoisotopic (exact) mass is 1590 g/mol. The van der Waals surface area contributed by atoms with Gasteiger partial charge in [-0.25, -0.2) is 43.1 Å². The number of methoxy groups -OCH3 is 7. The summed E-state index contributed by atoms with van der Waals surface area (Å²) in [5.41, 5.74) is 0. The fraction of sp³-hybridized carbons (Fsp3) is 0.946. The van der Waals surface area contributed by atoms with Crippen molar-refractivity contribution in [3.05, 3.63) is 0 Å². The lowest BCUT2D eigenvalue weighted by Gasteiger charge is -2.51. The van der Waals surface area contributed by atoms with Gasteiger partial charge in [-0.1, -0.05) is 0 Å². The number of carboxylic acid groups (broad SMARTS) is 2. The zero-order valence-electron chi connectivity index (χ0n) is 49.4. The van der Waals surface area contributed by atoms with E-state index in [0.29, 0.717) is 7.11 Å². The first-order valence-corrected chi connectivity index (χ1v) is 36.5. The fourth-order valence-electron chi connectivity index (χ4n) is 10.2. The van der Waals surface area contributed by atoms with Gasteiger partial charge in [0.05, 0.1) is 19.8 Å². The van der Waals surface area contributed by atoms with Gasteiger partial charge in [0.25, 0.3) is 0 Å². The van der Waals surface area contributed by atoms with Crippen LogP contribution >= 0.6 is 0 Å². The molecule has 5 heterocycles. The highest BCUT2D eigenvalue weighted by Gasteiger charge is 2.63. The molecular weight excluding hydrogens is 1530 g/mol. The number of aliphatic carboxylic acids is 2. The Morgan fingerprint density at radius 3 is 0.794 bits per heavy atom. The van der Waals surface area contributed by atoms with Crippen molar-refractivity contribution in [2.45, 2.75) is 154 Å². The summed E-state index contributed by atoms with van der Waals surface area (Å²) in [5.74, 6) is -4.58. The lowest BCUT2D eigenvalue weighted by atomic mass is 9.95. The largest absolute Gasteiger partial charge is 0.479 e. The maximum atomic E-state index is 13.3. The Bertz CT molecular complexity index is 3590. The lowest BCUT2D eigenvalue weighted by molar-refractivity contribution is -0.386. The minimum absolute atomic E-state index is 0.529. The van der Waals surface area contributed by atoms with E-state index in [-0.39, 0.29) is 0 Å². The van der Waals surface area contributed by atoms with Crippen LogP contribution in [0.2, 0.25) is 0 Å². The summed E-state index contributed by atoms with van der Waals surface area (Å²) in [6.07, 6.45) is -63.9. The topological polar surface area (TPSA) is 731 Å². The molecule has 0 amide bonds. The summed E-state index contributed by atoms with van der Waals surface area (Å²) in [4.78, 5) is 26.6. The maximum absolute atomic E-state index is 13.3. The fourth-order valence-corrected chi connectivity index (χ4v) is 13.6. The molecule has 0 aromatic heterocycles. The molecule has 97 heavy (non-hydrogen) atoms. The van der Waals surface area contributed by atoms with Gasteiger partial charge in [0, 0.05) is 49.8 Å². The van der Waals surface area contributed by atoms with Crippen LogP contribution in [0, 0.1) is 0 Å². The first kappa shape index (κ1) is 84.9. The molecule has 25 atom stereocenters. The predicted octanol–water partition coefficient (Wildman–Crippen LogP) is -8.54. The second-order valence-corrected chi connectivity index (χ2v) is 28.1. The predicted molar refractivity (Wildman–Crippen MR) is 284 cm³/mol. The molecule has 5 fully saturated rings. The van der Waals surface area contributed by atoms with Gasteiger partial charge < -0.3 is 86.0 Å². The van der Waals surface area contributed by atoms with E-state index in [1.807, 2.05) is 0 Å². The van der Waals surface area contributed by atoms with Gasteiger partial charge >= 0.3 is 95.1 Å². The molecule has 0 aromatic carbocycles. The van der Waals surface area contributed by atoms with Gasteiger partial charge in [-0.2, -0.15) is 67.3 Å². The average Bonchev–Trinajstić information content (AvgIpc) is 0.761. The van der Waals surface area contributed by atoms with Gasteiger partial charge in [0.1, 0.15) is 85.5 Å². The second kappa shape index (κ2) is 33.8. The van der Waals surface area contributed by atoms with Gasteiger partial charge in [0.15, 0.2) is 68.1 Å². The smallest absolute Gasteiger partial charge is 0.397 e. The van der Waals surface area contributed by atoms with Gasteiger partial charge in [0.2, 0.25) is 0 Å². The van der Waals surface area contributed by atoms with Crippen LogP contribution in [0.5, 0.6) is 0 Å². The molecule has 5 saturated heterocycles. The molecule has 0 aromatic rings. The van der Waals surface area contributed by atoms with Crippen LogP contribution in [0.1, 0.15) is 0 Å². The molecular formula is C37H62O52S8. The van der Waals surface area contributed by atoms with Crippen LogP contribution < -0.4 is 0 Å². The molecule has 10 N–H and O–H groups in total. The molecule has 5 rings (SSSR count). The minimum atomic E-state index is -6.32. The Balaban J connectivity index is 1.67. The van der Waals surface area contributed by atoms with Crippen molar-refractivity contribution in [1.29, 1.82) is 0 Å². The molecule has 5 aliphatic heterocycles. The molecule has 5 aliphatic rings. The van der Waals surface area contributed by atoms with Gasteiger partial charge in [-0.15, -0.1) is 0 Å². The van der Waals surface area contributed by atoms with Crippen LogP contribution in [0.15, 0.2) is 0 Å². The van der Waals surface area contributed by atoms with E-state index in [9.17, 15) is 124 Å². The van der Waals surface area contributed by atoms with E-state index in [1.54, 1.807) is 0 Å². The molecule has 0 unspecified atom stereocenters. The Labute approximate surface area is 548 Å². The number of ether oxygens (including phenoxy) is 16. The van der Waals surface area contributed by atoms with Gasteiger partial charge in [-0.05, 0) is 0 Å². The van der Waals surface area contributed by atoms with Crippen LogP contribution in [0.3, 0.4) is 0 Å². The molecule has 0 spiro atoms. The van der Waals surface area contributed by atoms with E-state index in [1.165, 1.54) is 0 Å². The van der Waals surface area contributed by atoms with Crippen molar-refractivity contribution in [3.63, 3.8) is 0 Å². The van der Waals surface area contributed by atoms with Crippen LogP contribution in [-0.2, 0) is 202 Å². The Morgan fingerprint density at radius 2 is 0.495 bits per heavy atom. The lowest BCUT2D eigenvalue weighted by Crippen LogP contribution is -2.70. The zero-order valence-corrected chi connectivity index (χ0v) is 56.0. The van der Waals surface area contributed by atoms with Crippen molar-refractivity contribution in [2.24, 2.45) is 0 Å². The van der Waals surface area contributed by atoms with E-state index in [0.717, 1.165) is 42.7 Å². The summed E-state index contributed by atoms with van der Waals surface area (Å²) in [7, 11) is -41.4. The molecule has 0 bridgehead atoms. The molecule has 0 saturated carbocycles. The van der Waals surface area contributed by atoms with Crippen molar-refractivity contribution in [2.75, 3.05) is 69.6 Å². The first-order valence-electron chi connectivity index (χ1n) is 25.6. The van der Waals surface area contributed by atoms with Crippen molar-refractivity contribution < 1.29 is 233 Å². The average molecular weight is 1600 g/mol. The molecule has 60 heteroatoms. The third-order valence-electron chi connectivity index (χ3n) is 13.6. The molecule has 570 valence electrons. The zero-order chi connectivity index (χ0) is 73.7. The molecule has 0 radical (unpaired) electrons. The van der Waals surface area contributed by atoms with Gasteiger partial charge in [-0.3, -0.25) is 36.4 Å². The quantitative estimate of drug-likeness (QED) is 0.0260. The third kappa shape index (κ3) is 24.4. The number of carbonyl (C=O) groups is 2. The Kier molecular flexibility index (Phi) is 29.6. The minimum Gasteiger partial charge on any atom is -0.479 e. The van der Waals surface area contributed by atoms with E-state index in [4.69, 9.17) is 88.3 Å². The molecule has 52 nitrogen and oxygen atoms in total. The summed E-state index contributed by atoms with van der Waals surface area (Å²) >= 11 is 0. The van der Waals surface area contributed by atoms with E-state index >= 15 is 0 Å². The number of hydrogen-bond donors (Lipinski definition) is 10. The van der Waals surface area contributed by atoms with Crippen LogP contribution in [-0.4, -0.2) is 349 Å². The van der Waals surface area contributed by atoms with Crippen molar-refractivity contribution >= 4 is 95.1 Å². The van der Waals surface area contributed by atoms with E-state index in [2.05, 4.69) is 20.9 Å². The van der Waals surface area contributed by atoms with Crippen molar-refractivity contribution in [3.8, 4) is 0 Å². The van der Waals surface area contributed by atoms with Crippen LogP contribution in [0.25, 0.3) is 0 Å². The highest BCUT2D eigenvalue weighted by molar-refractivity contribution is 7.82. The van der Waals surface area contributed by atoms with Crippen LogP contribution in [0.4, 0.5) is 0 Å². The first-order chi connectivity index (χ1) is 44.4. The highest BCUT2D eigenvalue weighted by atomic mass is 32.3. The second-order valence-electron chi connectivity index (χ2n) is 19.6. The SMILES string of the molecule is CO[C@H]1O[C@H](COS(=O)(=O)O)[C@@H](O[C@@H]2O[C@H](C(=O)O)[C@@H](O[C@H]3O[C@H](COS(=O)(=O)O)[C@@H](O[C@@H]4O[C@H](C(=O)O)[C@@H](O[C@@H]5O[C@H](COS(=O)(=O)O)[C@@H](OC)[C@H](OC)[C@H]5OS(=O)(=O)O)[C@H](OC)[C@H]4OC)[C@H](OS(=O)(=O)O)[C@H]3OS(=O)(=O)O)[C@H](OC)[C@H]2OS(=O)(=O)O)[C@H](OC)[C@H]1OS(=O)(=O)O. The van der Waals surface area contributed by atoms with E-state index < -0.39 is 268 Å². The standard InChI is InChI=1S/C37H62O52S8/c1-66-14-11(8-73-90(42,43)44)77-35(28(17(14)67-2)87-95(57,58)59)81-21-19(69-4)26(71-6)34(83-24(21)31(38)39)80-16-13(10-75-92(48,49)50)78-36(30(89-97(63,64)65)23(16)85-93(51,52)53)82-22-20(70-5)29(88-96(60,61)62)37(84-25(22)32(40)41)79-15-12(9-74-91(45,46)47)76-33(72-7)27(18(15)68-3)86-94(54,55)56/h11-30,33-37H,8-10H2,1-7H3,(H,38,39)(H,40,41)(H,42,43,44)(H,45,46,47)(H,48,49,50)(H,51,52,53)(H,54,55,56)(H,57,58,59)(H,60,61,62)(H,63,64,65)/t11-,12-,13-,14-,15-,16-,17+,18+,19+,20+,21+,22+,23+,24+,25+,26-,27-,28-,29-,30-,33+,34-,35+,36-,37-/m1/s1. The summed E-state index contributed by atoms with van der Waals surface area (Å²) in [6.45, 7) is -4.60. The summed E-state index contributed by atoms with van der Waals surface area (Å²) in [6, 6.07) is 0. The summed E-state index contributed by atoms with van der Waals surface area (Å²) in [5, 5.41) is 21.4. The number of hydrogen-bond acceptors (Lipinski definition) is 42. The molecule has 0 aliphatic carbocycles. The van der Waals surface area contributed by atoms with Crippen molar-refractivity contribution in [1.82, 2.24) is 0 Å². The third-order valence-corrected chi connectivity index (χ3v) is 17.2.